The van der Waals surface area contributed by atoms with E-state index in [4.69, 9.17) is 5.11 Å². The van der Waals surface area contributed by atoms with Gasteiger partial charge in [0.1, 0.15) is 0 Å². The van der Waals surface area contributed by atoms with E-state index in [1.54, 1.807) is 24.3 Å². The Morgan fingerprint density at radius 3 is 2.59 bits per heavy atom. The minimum atomic E-state index is -1.03. The molecule has 1 aliphatic rings. The van der Waals surface area contributed by atoms with Crippen molar-refractivity contribution in [3.63, 3.8) is 0 Å². The number of hydrogen-bond acceptors (Lipinski definition) is 3. The van der Waals surface area contributed by atoms with E-state index in [0.29, 0.717) is 12.0 Å². The molecule has 1 aliphatic heterocycles. The van der Waals surface area contributed by atoms with Crippen LogP contribution >= 0.6 is 0 Å². The molecule has 1 aromatic rings. The van der Waals surface area contributed by atoms with Gasteiger partial charge in [-0.05, 0) is 49.9 Å². The van der Waals surface area contributed by atoms with Crippen molar-refractivity contribution in [2.75, 3.05) is 13.2 Å². The van der Waals surface area contributed by atoms with E-state index in [1.165, 1.54) is 0 Å². The highest BCUT2D eigenvalue weighted by Crippen LogP contribution is 2.22. The van der Waals surface area contributed by atoms with Crippen LogP contribution in [0.5, 0.6) is 0 Å². The summed E-state index contributed by atoms with van der Waals surface area (Å²) in [5, 5.41) is 9.23. The average Bonchev–Trinajstić information content (AvgIpc) is 2.54. The minimum absolute atomic E-state index is 0.0139. The van der Waals surface area contributed by atoms with Crippen LogP contribution < -0.4 is 0 Å². The Labute approximate surface area is 135 Å². The molecule has 2 rings (SSSR count). The standard InChI is InChI=1S/C17H25NO3S/c1-13(2)22(21)16-8-6-14(7-9-16)17(20)18-11-4-3-5-15(18)10-12-19/h6-9,13,15,19H,3-5,10-12H2,1-2H3. The third kappa shape index (κ3) is 3.96. The predicted molar refractivity (Wildman–Crippen MR) is 88.4 cm³/mol. The van der Waals surface area contributed by atoms with Gasteiger partial charge in [0, 0.05) is 34.9 Å². The first-order valence-electron chi connectivity index (χ1n) is 7.97. The third-order valence-electron chi connectivity index (χ3n) is 4.11. The van der Waals surface area contributed by atoms with Gasteiger partial charge < -0.3 is 10.0 Å². The second kappa shape index (κ2) is 7.88. The normalized spacial score (nSPS) is 20.2. The van der Waals surface area contributed by atoms with Crippen molar-refractivity contribution in [3.8, 4) is 0 Å². The quantitative estimate of drug-likeness (QED) is 0.906. The maximum absolute atomic E-state index is 12.7. The molecule has 5 heteroatoms. The fraction of sp³-hybridized carbons (Fsp3) is 0.588. The number of benzene rings is 1. The fourth-order valence-electron chi connectivity index (χ4n) is 2.89. The number of aliphatic hydroxyl groups excluding tert-OH is 1. The molecule has 0 radical (unpaired) electrons. The Morgan fingerprint density at radius 2 is 2.00 bits per heavy atom. The van der Waals surface area contributed by atoms with E-state index in [9.17, 15) is 9.00 Å². The minimum Gasteiger partial charge on any atom is -0.396 e. The summed E-state index contributed by atoms with van der Waals surface area (Å²) in [6.07, 6.45) is 3.73. The van der Waals surface area contributed by atoms with Crippen LogP contribution in [-0.4, -0.2) is 44.6 Å². The van der Waals surface area contributed by atoms with Crippen LogP contribution in [-0.2, 0) is 10.8 Å². The second-order valence-electron chi connectivity index (χ2n) is 6.03. The van der Waals surface area contributed by atoms with E-state index >= 15 is 0 Å². The predicted octanol–water partition coefficient (Wildman–Crippen LogP) is 2.58. The van der Waals surface area contributed by atoms with E-state index in [2.05, 4.69) is 0 Å². The lowest BCUT2D eigenvalue weighted by Gasteiger charge is -2.35. The van der Waals surface area contributed by atoms with Gasteiger partial charge in [0.05, 0.1) is 10.8 Å². The Bertz CT molecular complexity index is 525. The van der Waals surface area contributed by atoms with E-state index in [0.717, 1.165) is 30.7 Å². The summed E-state index contributed by atoms with van der Waals surface area (Å²) in [4.78, 5) is 15.3. The molecule has 22 heavy (non-hydrogen) atoms. The first-order valence-corrected chi connectivity index (χ1v) is 9.18. The monoisotopic (exact) mass is 323 g/mol. The smallest absolute Gasteiger partial charge is 0.254 e. The van der Waals surface area contributed by atoms with Crippen LogP contribution in [0.15, 0.2) is 29.2 Å². The van der Waals surface area contributed by atoms with Crippen LogP contribution in [0.3, 0.4) is 0 Å². The molecule has 1 saturated heterocycles. The topological polar surface area (TPSA) is 57.6 Å². The zero-order chi connectivity index (χ0) is 16.1. The zero-order valence-electron chi connectivity index (χ0n) is 13.3. The lowest BCUT2D eigenvalue weighted by atomic mass is 9.98. The molecular weight excluding hydrogens is 298 g/mol. The van der Waals surface area contributed by atoms with E-state index in [-0.39, 0.29) is 23.8 Å². The Morgan fingerprint density at radius 1 is 1.32 bits per heavy atom. The number of rotatable bonds is 5. The Balaban J connectivity index is 2.13. The maximum Gasteiger partial charge on any atom is 0.254 e. The number of nitrogens with zero attached hydrogens (tertiary/aromatic N) is 1. The molecule has 4 nitrogen and oxygen atoms in total. The highest BCUT2D eigenvalue weighted by molar-refractivity contribution is 7.85. The van der Waals surface area contributed by atoms with Crippen molar-refractivity contribution in [2.24, 2.45) is 0 Å². The number of amides is 1. The van der Waals surface area contributed by atoms with Crippen molar-refractivity contribution in [3.05, 3.63) is 29.8 Å². The van der Waals surface area contributed by atoms with Crippen LogP contribution in [0.25, 0.3) is 0 Å². The van der Waals surface area contributed by atoms with Gasteiger partial charge in [0.15, 0.2) is 0 Å². The van der Waals surface area contributed by atoms with E-state index in [1.807, 2.05) is 18.7 Å². The van der Waals surface area contributed by atoms with Crippen molar-refractivity contribution in [2.45, 2.75) is 55.7 Å². The highest BCUT2D eigenvalue weighted by atomic mass is 32.2. The summed E-state index contributed by atoms with van der Waals surface area (Å²) in [6, 6.07) is 7.24. The van der Waals surface area contributed by atoms with Crippen molar-refractivity contribution < 1.29 is 14.1 Å². The summed E-state index contributed by atoms with van der Waals surface area (Å²) in [5.74, 6) is 0.0139. The fourth-order valence-corrected chi connectivity index (χ4v) is 3.84. The molecular formula is C17H25NO3S. The van der Waals surface area contributed by atoms with Crippen LogP contribution in [0.1, 0.15) is 49.9 Å². The number of hydrogen-bond donors (Lipinski definition) is 1. The molecule has 1 heterocycles. The number of piperidine rings is 1. The Hall–Kier alpha value is -1.20. The molecule has 2 unspecified atom stereocenters. The lowest BCUT2D eigenvalue weighted by molar-refractivity contribution is 0.0574. The molecule has 0 aromatic heterocycles. The Kier molecular flexibility index (Phi) is 6.15. The lowest BCUT2D eigenvalue weighted by Crippen LogP contribution is -2.44. The zero-order valence-corrected chi connectivity index (χ0v) is 14.1. The molecule has 0 saturated carbocycles. The first-order chi connectivity index (χ1) is 10.5. The maximum atomic E-state index is 12.7. The van der Waals surface area contributed by atoms with Gasteiger partial charge in [0.25, 0.3) is 5.91 Å². The largest absolute Gasteiger partial charge is 0.396 e. The third-order valence-corrected chi connectivity index (χ3v) is 5.71. The van der Waals surface area contributed by atoms with Crippen LogP contribution in [0.4, 0.5) is 0 Å². The first kappa shape index (κ1) is 17.2. The number of carbonyl (C=O) groups is 1. The molecule has 0 spiro atoms. The number of carbonyl (C=O) groups excluding carboxylic acids is 1. The second-order valence-corrected chi connectivity index (χ2v) is 8.04. The molecule has 1 fully saturated rings. The molecule has 1 aromatic carbocycles. The van der Waals surface area contributed by atoms with Gasteiger partial charge in [0.2, 0.25) is 0 Å². The summed E-state index contributed by atoms with van der Waals surface area (Å²) < 4.78 is 12.1. The average molecular weight is 323 g/mol. The van der Waals surface area contributed by atoms with Gasteiger partial charge in [-0.3, -0.25) is 9.00 Å². The van der Waals surface area contributed by atoms with Crippen LogP contribution in [0.2, 0.25) is 0 Å². The van der Waals surface area contributed by atoms with Gasteiger partial charge in [-0.15, -0.1) is 0 Å². The molecule has 122 valence electrons. The van der Waals surface area contributed by atoms with Crippen molar-refractivity contribution in [1.29, 1.82) is 0 Å². The molecule has 1 amide bonds. The molecule has 2 atom stereocenters. The number of likely N-dealkylation sites (tertiary alicyclic amines) is 1. The molecule has 0 bridgehead atoms. The SMILES string of the molecule is CC(C)S(=O)c1ccc(C(=O)N2CCCCC2CCO)cc1. The summed E-state index contributed by atoms with van der Waals surface area (Å²) >= 11 is 0. The molecule has 1 N–H and O–H groups in total. The van der Waals surface area contributed by atoms with Crippen molar-refractivity contribution >= 4 is 16.7 Å². The summed E-state index contributed by atoms with van der Waals surface area (Å²) in [6.45, 7) is 4.70. The van der Waals surface area contributed by atoms with Crippen LogP contribution in [0, 0.1) is 0 Å². The summed E-state index contributed by atoms with van der Waals surface area (Å²) in [5.41, 5.74) is 0.634. The van der Waals surface area contributed by atoms with Gasteiger partial charge in [-0.2, -0.15) is 0 Å². The van der Waals surface area contributed by atoms with Gasteiger partial charge in [-0.1, -0.05) is 13.8 Å². The molecule has 0 aliphatic carbocycles. The van der Waals surface area contributed by atoms with Gasteiger partial charge in [-0.25, -0.2) is 0 Å². The summed E-state index contributed by atoms with van der Waals surface area (Å²) in [7, 11) is -1.03. The van der Waals surface area contributed by atoms with Gasteiger partial charge >= 0.3 is 0 Å². The van der Waals surface area contributed by atoms with E-state index < -0.39 is 10.8 Å². The highest BCUT2D eigenvalue weighted by Gasteiger charge is 2.27. The van der Waals surface area contributed by atoms with Crippen molar-refractivity contribution in [1.82, 2.24) is 4.90 Å². The number of aliphatic hydroxyl groups is 1.